The number of benzene rings is 1. The molecule has 0 aliphatic carbocycles. The summed E-state index contributed by atoms with van der Waals surface area (Å²) < 4.78 is 5.56. The second-order valence-electron chi connectivity index (χ2n) is 4.57. The van der Waals surface area contributed by atoms with Crippen molar-refractivity contribution in [1.29, 1.82) is 0 Å². The maximum atomic E-state index is 11.5. The summed E-state index contributed by atoms with van der Waals surface area (Å²) in [6, 6.07) is 7.28. The number of anilines is 1. The van der Waals surface area contributed by atoms with E-state index in [4.69, 9.17) is 10.5 Å². The number of likely N-dealkylation sites (tertiary alicyclic amines) is 1. The molecule has 0 bridgehead atoms. The molecule has 0 spiro atoms. The van der Waals surface area contributed by atoms with Crippen molar-refractivity contribution in [3.63, 3.8) is 0 Å². The topological polar surface area (TPSA) is 55.6 Å². The largest absolute Gasteiger partial charge is 0.492 e. The predicted octanol–water partition coefficient (Wildman–Crippen LogP) is 1.52. The van der Waals surface area contributed by atoms with E-state index in [1.165, 1.54) is 0 Å². The minimum absolute atomic E-state index is 0.235. The minimum Gasteiger partial charge on any atom is -0.492 e. The molecule has 1 aromatic rings. The molecular formula is C13H18N2O2. The Kier molecular flexibility index (Phi) is 3.52. The third-order valence-corrected chi connectivity index (χ3v) is 2.92. The molecule has 2 rings (SSSR count). The van der Waals surface area contributed by atoms with Gasteiger partial charge >= 0.3 is 0 Å². The minimum atomic E-state index is 0.235. The lowest BCUT2D eigenvalue weighted by atomic mass is 10.2. The van der Waals surface area contributed by atoms with Gasteiger partial charge in [-0.3, -0.25) is 4.79 Å². The monoisotopic (exact) mass is 234 g/mol. The van der Waals surface area contributed by atoms with Crippen LogP contribution in [0.5, 0.6) is 5.75 Å². The molecule has 0 saturated carbocycles. The van der Waals surface area contributed by atoms with Crippen molar-refractivity contribution < 1.29 is 9.53 Å². The highest BCUT2D eigenvalue weighted by molar-refractivity contribution is 5.78. The molecule has 1 atom stereocenters. The molecule has 1 aliphatic rings. The van der Waals surface area contributed by atoms with Crippen LogP contribution in [-0.4, -0.2) is 30.5 Å². The summed E-state index contributed by atoms with van der Waals surface area (Å²) in [5, 5.41) is 0. The number of ether oxygens (including phenoxy) is 1. The average Bonchev–Trinajstić information content (AvgIpc) is 2.60. The second-order valence-corrected chi connectivity index (χ2v) is 4.57. The maximum absolute atomic E-state index is 11.5. The Morgan fingerprint density at radius 1 is 1.41 bits per heavy atom. The SMILES string of the molecule is CC1CC(=O)N(CCOc2ccc(N)cc2)C1. The van der Waals surface area contributed by atoms with E-state index in [0.29, 0.717) is 25.5 Å². The summed E-state index contributed by atoms with van der Waals surface area (Å²) in [7, 11) is 0. The van der Waals surface area contributed by atoms with Gasteiger partial charge in [-0.15, -0.1) is 0 Å². The predicted molar refractivity (Wildman–Crippen MR) is 66.7 cm³/mol. The van der Waals surface area contributed by atoms with Gasteiger partial charge in [-0.05, 0) is 30.2 Å². The van der Waals surface area contributed by atoms with Gasteiger partial charge in [0.1, 0.15) is 12.4 Å². The van der Waals surface area contributed by atoms with E-state index >= 15 is 0 Å². The summed E-state index contributed by atoms with van der Waals surface area (Å²) in [5.74, 6) is 1.50. The highest BCUT2D eigenvalue weighted by Crippen LogP contribution is 2.17. The van der Waals surface area contributed by atoms with E-state index in [1.807, 2.05) is 17.0 Å². The molecule has 1 unspecified atom stereocenters. The van der Waals surface area contributed by atoms with Crippen molar-refractivity contribution >= 4 is 11.6 Å². The van der Waals surface area contributed by atoms with E-state index in [2.05, 4.69) is 6.92 Å². The van der Waals surface area contributed by atoms with Crippen LogP contribution >= 0.6 is 0 Å². The van der Waals surface area contributed by atoms with Crippen LogP contribution in [0.2, 0.25) is 0 Å². The number of carbonyl (C=O) groups excluding carboxylic acids is 1. The number of amides is 1. The van der Waals surface area contributed by atoms with Crippen LogP contribution in [0.15, 0.2) is 24.3 Å². The van der Waals surface area contributed by atoms with Gasteiger partial charge in [-0.2, -0.15) is 0 Å². The standard InChI is InChI=1S/C13H18N2O2/c1-10-8-13(16)15(9-10)6-7-17-12-4-2-11(14)3-5-12/h2-5,10H,6-9,14H2,1H3. The lowest BCUT2D eigenvalue weighted by Gasteiger charge is -2.16. The number of nitrogens with zero attached hydrogens (tertiary/aromatic N) is 1. The molecular weight excluding hydrogens is 216 g/mol. The fourth-order valence-electron chi connectivity index (χ4n) is 2.02. The van der Waals surface area contributed by atoms with Gasteiger partial charge in [0, 0.05) is 18.7 Å². The van der Waals surface area contributed by atoms with Gasteiger partial charge in [0.15, 0.2) is 0 Å². The van der Waals surface area contributed by atoms with Crippen molar-refractivity contribution in [3.05, 3.63) is 24.3 Å². The van der Waals surface area contributed by atoms with Crippen LogP contribution in [0.3, 0.4) is 0 Å². The second kappa shape index (κ2) is 5.08. The molecule has 1 saturated heterocycles. The highest BCUT2D eigenvalue weighted by atomic mass is 16.5. The lowest BCUT2D eigenvalue weighted by molar-refractivity contribution is -0.128. The van der Waals surface area contributed by atoms with Crippen LogP contribution in [0.1, 0.15) is 13.3 Å². The first kappa shape index (κ1) is 11.8. The summed E-state index contributed by atoms with van der Waals surface area (Å²) in [4.78, 5) is 13.4. The Morgan fingerprint density at radius 2 is 2.12 bits per heavy atom. The Labute approximate surface area is 101 Å². The normalized spacial score (nSPS) is 19.7. The first-order valence-electron chi connectivity index (χ1n) is 5.91. The average molecular weight is 234 g/mol. The molecule has 4 heteroatoms. The maximum Gasteiger partial charge on any atom is 0.223 e. The van der Waals surface area contributed by atoms with Gasteiger partial charge in [0.25, 0.3) is 0 Å². The van der Waals surface area contributed by atoms with Gasteiger partial charge in [-0.1, -0.05) is 6.92 Å². The zero-order chi connectivity index (χ0) is 12.3. The summed E-state index contributed by atoms with van der Waals surface area (Å²) >= 11 is 0. The summed E-state index contributed by atoms with van der Waals surface area (Å²) in [6.45, 7) is 4.14. The zero-order valence-corrected chi connectivity index (χ0v) is 10.1. The smallest absolute Gasteiger partial charge is 0.223 e. The number of nitrogen functional groups attached to an aromatic ring is 1. The van der Waals surface area contributed by atoms with Crippen molar-refractivity contribution in [2.45, 2.75) is 13.3 Å². The van der Waals surface area contributed by atoms with Crippen molar-refractivity contribution in [2.24, 2.45) is 5.92 Å². The Hall–Kier alpha value is -1.71. The summed E-state index contributed by atoms with van der Waals surface area (Å²) in [6.07, 6.45) is 0.669. The van der Waals surface area contributed by atoms with Crippen LogP contribution in [0.25, 0.3) is 0 Å². The molecule has 4 nitrogen and oxygen atoms in total. The number of hydrogen-bond donors (Lipinski definition) is 1. The third kappa shape index (κ3) is 3.12. The first-order chi connectivity index (χ1) is 8.15. The van der Waals surface area contributed by atoms with Gasteiger partial charge < -0.3 is 15.4 Å². The molecule has 1 amide bonds. The third-order valence-electron chi connectivity index (χ3n) is 2.92. The Bertz CT molecular complexity index is 389. The lowest BCUT2D eigenvalue weighted by Crippen LogP contribution is -2.29. The molecule has 0 aromatic heterocycles. The van der Waals surface area contributed by atoms with Gasteiger partial charge in [-0.25, -0.2) is 0 Å². The van der Waals surface area contributed by atoms with E-state index in [9.17, 15) is 4.79 Å². The van der Waals surface area contributed by atoms with Gasteiger partial charge in [0.05, 0.1) is 6.54 Å². The number of hydrogen-bond acceptors (Lipinski definition) is 3. The molecule has 17 heavy (non-hydrogen) atoms. The molecule has 1 heterocycles. The number of carbonyl (C=O) groups is 1. The van der Waals surface area contributed by atoms with Crippen LogP contribution in [0.4, 0.5) is 5.69 Å². The molecule has 92 valence electrons. The molecule has 2 N–H and O–H groups in total. The van der Waals surface area contributed by atoms with E-state index in [1.54, 1.807) is 12.1 Å². The summed E-state index contributed by atoms with van der Waals surface area (Å²) in [5.41, 5.74) is 6.30. The van der Waals surface area contributed by atoms with Crippen LogP contribution < -0.4 is 10.5 Å². The van der Waals surface area contributed by atoms with E-state index < -0.39 is 0 Å². The van der Waals surface area contributed by atoms with Crippen molar-refractivity contribution in [1.82, 2.24) is 4.90 Å². The fourth-order valence-corrected chi connectivity index (χ4v) is 2.02. The van der Waals surface area contributed by atoms with Gasteiger partial charge in [0.2, 0.25) is 5.91 Å². The van der Waals surface area contributed by atoms with Crippen molar-refractivity contribution in [2.75, 3.05) is 25.4 Å². The first-order valence-corrected chi connectivity index (χ1v) is 5.91. The molecule has 1 fully saturated rings. The Morgan fingerprint density at radius 3 is 2.71 bits per heavy atom. The van der Waals surface area contributed by atoms with E-state index in [-0.39, 0.29) is 5.91 Å². The molecule has 0 radical (unpaired) electrons. The zero-order valence-electron chi connectivity index (χ0n) is 10.1. The fraction of sp³-hybridized carbons (Fsp3) is 0.462. The number of nitrogens with two attached hydrogens (primary N) is 1. The highest BCUT2D eigenvalue weighted by Gasteiger charge is 2.25. The molecule has 1 aromatic carbocycles. The molecule has 1 aliphatic heterocycles. The van der Waals surface area contributed by atoms with E-state index in [0.717, 1.165) is 18.0 Å². The van der Waals surface area contributed by atoms with Crippen LogP contribution in [-0.2, 0) is 4.79 Å². The number of rotatable bonds is 4. The Balaban J connectivity index is 1.76. The quantitative estimate of drug-likeness (QED) is 0.803. The van der Waals surface area contributed by atoms with Crippen LogP contribution in [0, 0.1) is 5.92 Å². The van der Waals surface area contributed by atoms with Crippen molar-refractivity contribution in [3.8, 4) is 5.75 Å².